The van der Waals surface area contributed by atoms with Gasteiger partial charge in [-0.15, -0.1) is 0 Å². The van der Waals surface area contributed by atoms with Crippen LogP contribution >= 0.6 is 0 Å². The van der Waals surface area contributed by atoms with E-state index < -0.39 is 0 Å². The number of aromatic nitrogens is 1. The van der Waals surface area contributed by atoms with Crippen molar-refractivity contribution in [3.8, 4) is 11.1 Å². The molecule has 5 heteroatoms. The van der Waals surface area contributed by atoms with Crippen LogP contribution in [0.1, 0.15) is 21.6 Å². The second-order valence-corrected chi connectivity index (χ2v) is 7.59. The van der Waals surface area contributed by atoms with Crippen molar-refractivity contribution in [3.63, 3.8) is 0 Å². The average molecular weight is 426 g/mol. The Bertz CT molecular complexity index is 1190. The fraction of sp³-hybridized carbons (Fsp3) is 0.111. The summed E-state index contributed by atoms with van der Waals surface area (Å²) in [5.74, 6) is -0.510. The number of carbonyl (C=O) groups excluding carboxylic acids is 1. The largest absolute Gasteiger partial charge is 0.385 e. The molecule has 0 atom stereocenters. The Morgan fingerprint density at radius 2 is 1.66 bits per heavy atom. The standard InChI is InChI=1S/C27H24FN3O/c1-19-5-14-25(20-6-8-21(28)9-7-20)26(18-19)27(32)31-24-12-10-23(11-13-24)30-17-15-22-4-2-3-16-29-22/h2-14,16,18,30H,15,17H2,1H3,(H,31,32). The zero-order valence-electron chi connectivity index (χ0n) is 17.8. The Morgan fingerprint density at radius 3 is 2.38 bits per heavy atom. The van der Waals surface area contributed by atoms with E-state index >= 15 is 0 Å². The number of aryl methyl sites for hydroxylation is 1. The molecule has 3 aromatic carbocycles. The number of benzene rings is 3. The number of anilines is 2. The third-order valence-corrected chi connectivity index (χ3v) is 5.15. The predicted octanol–water partition coefficient (Wildman–Crippen LogP) is 6.10. The van der Waals surface area contributed by atoms with E-state index in [1.165, 1.54) is 12.1 Å². The molecule has 0 fully saturated rings. The number of hydrogen-bond acceptors (Lipinski definition) is 3. The van der Waals surface area contributed by atoms with Crippen molar-refractivity contribution in [2.24, 2.45) is 0 Å². The molecule has 0 aliphatic carbocycles. The van der Waals surface area contributed by atoms with Gasteiger partial charge < -0.3 is 10.6 Å². The first-order valence-electron chi connectivity index (χ1n) is 10.5. The van der Waals surface area contributed by atoms with Crippen molar-refractivity contribution in [1.82, 2.24) is 4.98 Å². The number of amides is 1. The summed E-state index contributed by atoms with van der Waals surface area (Å²) in [5, 5.41) is 6.33. The maximum absolute atomic E-state index is 13.3. The second-order valence-electron chi connectivity index (χ2n) is 7.59. The summed E-state index contributed by atoms with van der Waals surface area (Å²) in [6.45, 7) is 2.71. The van der Waals surface area contributed by atoms with Gasteiger partial charge in [0, 0.05) is 41.8 Å². The van der Waals surface area contributed by atoms with Gasteiger partial charge >= 0.3 is 0 Å². The molecule has 1 aromatic heterocycles. The molecule has 4 nitrogen and oxygen atoms in total. The first kappa shape index (κ1) is 21.2. The highest BCUT2D eigenvalue weighted by Gasteiger charge is 2.14. The van der Waals surface area contributed by atoms with Crippen molar-refractivity contribution in [3.05, 3.63) is 114 Å². The molecule has 4 aromatic rings. The third kappa shape index (κ3) is 5.38. The summed E-state index contributed by atoms with van der Waals surface area (Å²) in [7, 11) is 0. The van der Waals surface area contributed by atoms with Gasteiger partial charge in [0.25, 0.3) is 5.91 Å². The van der Waals surface area contributed by atoms with Gasteiger partial charge in [-0.3, -0.25) is 9.78 Å². The number of halogens is 1. The quantitative estimate of drug-likeness (QED) is 0.376. The van der Waals surface area contributed by atoms with Crippen molar-refractivity contribution in [2.75, 3.05) is 17.2 Å². The van der Waals surface area contributed by atoms with Crippen LogP contribution in [0.5, 0.6) is 0 Å². The maximum atomic E-state index is 13.3. The average Bonchev–Trinajstić information content (AvgIpc) is 2.81. The van der Waals surface area contributed by atoms with Gasteiger partial charge in [0.05, 0.1) is 0 Å². The fourth-order valence-electron chi connectivity index (χ4n) is 3.48. The van der Waals surface area contributed by atoms with E-state index in [9.17, 15) is 9.18 Å². The Balaban J connectivity index is 1.42. The Kier molecular flexibility index (Phi) is 6.56. The molecule has 1 amide bonds. The monoisotopic (exact) mass is 425 g/mol. The van der Waals surface area contributed by atoms with Gasteiger partial charge in [-0.2, -0.15) is 0 Å². The lowest BCUT2D eigenvalue weighted by atomic mass is 9.97. The van der Waals surface area contributed by atoms with Crippen molar-refractivity contribution >= 4 is 17.3 Å². The van der Waals surface area contributed by atoms with Gasteiger partial charge in [0.15, 0.2) is 0 Å². The molecule has 32 heavy (non-hydrogen) atoms. The number of pyridine rings is 1. The van der Waals surface area contributed by atoms with E-state index in [1.807, 2.05) is 67.6 Å². The van der Waals surface area contributed by atoms with Crippen molar-refractivity contribution < 1.29 is 9.18 Å². The zero-order valence-corrected chi connectivity index (χ0v) is 17.8. The molecule has 0 saturated carbocycles. The second kappa shape index (κ2) is 9.88. The van der Waals surface area contributed by atoms with Gasteiger partial charge in [0.2, 0.25) is 0 Å². The maximum Gasteiger partial charge on any atom is 0.256 e. The van der Waals surface area contributed by atoms with E-state index in [0.717, 1.165) is 41.0 Å². The number of nitrogens with zero attached hydrogens (tertiary/aromatic N) is 1. The topological polar surface area (TPSA) is 54.0 Å². The Labute approximate surface area is 187 Å². The van der Waals surface area contributed by atoms with Gasteiger partial charge in [0.1, 0.15) is 5.82 Å². The van der Waals surface area contributed by atoms with Gasteiger partial charge in [-0.1, -0.05) is 35.9 Å². The molecule has 2 N–H and O–H groups in total. The van der Waals surface area contributed by atoms with Gasteiger partial charge in [-0.25, -0.2) is 4.39 Å². The molecule has 0 radical (unpaired) electrons. The Hall–Kier alpha value is -3.99. The molecular weight excluding hydrogens is 401 g/mol. The molecule has 0 spiro atoms. The highest BCUT2D eigenvalue weighted by atomic mass is 19.1. The normalized spacial score (nSPS) is 10.6. The molecule has 4 rings (SSSR count). The molecule has 0 bridgehead atoms. The lowest BCUT2D eigenvalue weighted by Gasteiger charge is -2.12. The molecule has 0 aliphatic heterocycles. The highest BCUT2D eigenvalue weighted by molar-refractivity contribution is 6.08. The van der Waals surface area contributed by atoms with Crippen LogP contribution in [0.4, 0.5) is 15.8 Å². The molecule has 1 heterocycles. The summed E-state index contributed by atoms with van der Waals surface area (Å²) in [6, 6.07) is 25.4. The molecular formula is C27H24FN3O. The van der Waals surface area contributed by atoms with Crippen LogP contribution in [-0.4, -0.2) is 17.4 Å². The fourth-order valence-corrected chi connectivity index (χ4v) is 3.48. The van der Waals surface area contributed by atoms with Crippen LogP contribution in [0.2, 0.25) is 0 Å². The molecule has 0 unspecified atom stereocenters. The lowest BCUT2D eigenvalue weighted by Crippen LogP contribution is -2.13. The van der Waals surface area contributed by atoms with Crippen LogP contribution < -0.4 is 10.6 Å². The smallest absolute Gasteiger partial charge is 0.256 e. The van der Waals surface area contributed by atoms with Crippen LogP contribution in [0.15, 0.2) is 91.1 Å². The molecule has 160 valence electrons. The summed E-state index contributed by atoms with van der Waals surface area (Å²) < 4.78 is 13.3. The minimum Gasteiger partial charge on any atom is -0.385 e. The van der Waals surface area contributed by atoms with Crippen molar-refractivity contribution in [2.45, 2.75) is 13.3 Å². The van der Waals surface area contributed by atoms with E-state index in [4.69, 9.17) is 0 Å². The van der Waals surface area contributed by atoms with E-state index in [0.29, 0.717) is 11.3 Å². The lowest BCUT2D eigenvalue weighted by molar-refractivity contribution is 0.102. The first-order valence-corrected chi connectivity index (χ1v) is 10.5. The number of carbonyl (C=O) groups is 1. The van der Waals surface area contributed by atoms with Gasteiger partial charge in [-0.05, 0) is 72.6 Å². The van der Waals surface area contributed by atoms with E-state index in [1.54, 1.807) is 18.3 Å². The summed E-state index contributed by atoms with van der Waals surface area (Å²) in [6.07, 6.45) is 2.63. The minimum absolute atomic E-state index is 0.205. The van der Waals surface area contributed by atoms with Crippen molar-refractivity contribution in [1.29, 1.82) is 0 Å². The molecule has 0 saturated heterocycles. The number of rotatable bonds is 7. The predicted molar refractivity (Wildman–Crippen MR) is 127 cm³/mol. The SMILES string of the molecule is Cc1ccc(-c2ccc(F)cc2)c(C(=O)Nc2ccc(NCCc3ccccn3)cc2)c1. The number of hydrogen-bond donors (Lipinski definition) is 2. The zero-order chi connectivity index (χ0) is 22.3. The van der Waals surface area contributed by atoms with Crippen LogP contribution in [0.3, 0.4) is 0 Å². The van der Waals surface area contributed by atoms with Crippen LogP contribution in [0, 0.1) is 12.7 Å². The summed E-state index contributed by atoms with van der Waals surface area (Å²) >= 11 is 0. The van der Waals surface area contributed by atoms with Crippen LogP contribution in [0.25, 0.3) is 11.1 Å². The number of nitrogens with one attached hydrogen (secondary N) is 2. The third-order valence-electron chi connectivity index (χ3n) is 5.15. The van der Waals surface area contributed by atoms with Crippen LogP contribution in [-0.2, 0) is 6.42 Å². The van der Waals surface area contributed by atoms with E-state index in [-0.39, 0.29) is 11.7 Å². The summed E-state index contributed by atoms with van der Waals surface area (Å²) in [5.41, 5.74) is 5.81. The highest BCUT2D eigenvalue weighted by Crippen LogP contribution is 2.26. The molecule has 0 aliphatic rings. The minimum atomic E-state index is -0.305. The van der Waals surface area contributed by atoms with E-state index in [2.05, 4.69) is 15.6 Å². The Morgan fingerprint density at radius 1 is 0.906 bits per heavy atom. The summed E-state index contributed by atoms with van der Waals surface area (Å²) in [4.78, 5) is 17.4. The first-order chi connectivity index (χ1) is 15.6.